The van der Waals surface area contributed by atoms with Crippen LogP contribution in [0.5, 0.6) is 0 Å². The maximum absolute atomic E-state index is 5.96. The Morgan fingerprint density at radius 1 is 1.00 bits per heavy atom. The quantitative estimate of drug-likeness (QED) is 0.440. The summed E-state index contributed by atoms with van der Waals surface area (Å²) in [7, 11) is 1.67. The molecule has 0 saturated heterocycles. The molecule has 0 aliphatic heterocycles. The lowest BCUT2D eigenvalue weighted by Crippen LogP contribution is -2.32. The van der Waals surface area contributed by atoms with Crippen LogP contribution in [-0.4, -0.2) is 46.0 Å². The number of rotatable bonds is 10. The molecular weight excluding hydrogens is 228 g/mol. The van der Waals surface area contributed by atoms with Gasteiger partial charge in [0.05, 0.1) is 26.4 Å². The highest BCUT2D eigenvalue weighted by Crippen LogP contribution is 2.44. The molecule has 16 heavy (non-hydrogen) atoms. The molecule has 0 bridgehead atoms. The number of ether oxygens (including phenoxy) is 3. The molecule has 0 aromatic carbocycles. The highest BCUT2D eigenvalue weighted by atomic mass is 35.5. The van der Waals surface area contributed by atoms with Crippen LogP contribution in [0.3, 0.4) is 0 Å². The average Bonchev–Trinajstić information content (AvgIpc) is 2.25. The minimum absolute atomic E-state index is 0.387. The molecule has 1 rings (SSSR count). The monoisotopic (exact) mass is 250 g/mol. The van der Waals surface area contributed by atoms with Crippen molar-refractivity contribution in [2.24, 2.45) is 5.41 Å². The minimum atomic E-state index is 0.387. The molecule has 0 amide bonds. The predicted molar refractivity (Wildman–Crippen MR) is 65.1 cm³/mol. The summed E-state index contributed by atoms with van der Waals surface area (Å²) < 4.78 is 15.7. The van der Waals surface area contributed by atoms with E-state index >= 15 is 0 Å². The van der Waals surface area contributed by atoms with Crippen molar-refractivity contribution in [3.63, 3.8) is 0 Å². The SMILES string of the molecule is COCCOCCOCCC1(CCl)CCC1. The fraction of sp³-hybridized carbons (Fsp3) is 1.00. The highest BCUT2D eigenvalue weighted by Gasteiger charge is 2.35. The van der Waals surface area contributed by atoms with Crippen molar-refractivity contribution >= 4 is 11.6 Å². The number of hydrogen-bond donors (Lipinski definition) is 0. The van der Waals surface area contributed by atoms with Gasteiger partial charge in [-0.05, 0) is 24.7 Å². The minimum Gasteiger partial charge on any atom is -0.382 e. The van der Waals surface area contributed by atoms with Crippen molar-refractivity contribution in [3.05, 3.63) is 0 Å². The van der Waals surface area contributed by atoms with Crippen molar-refractivity contribution < 1.29 is 14.2 Å². The Bertz CT molecular complexity index is 166. The second kappa shape index (κ2) is 8.29. The number of hydrogen-bond acceptors (Lipinski definition) is 3. The zero-order valence-electron chi connectivity index (χ0n) is 10.2. The summed E-state index contributed by atoms with van der Waals surface area (Å²) >= 11 is 5.96. The summed E-state index contributed by atoms with van der Waals surface area (Å²) in [4.78, 5) is 0. The molecule has 0 heterocycles. The topological polar surface area (TPSA) is 27.7 Å². The van der Waals surface area contributed by atoms with Crippen molar-refractivity contribution in [2.75, 3.05) is 46.0 Å². The summed E-state index contributed by atoms with van der Waals surface area (Å²) in [5.74, 6) is 0.778. The number of alkyl halides is 1. The van der Waals surface area contributed by atoms with Crippen LogP contribution in [0, 0.1) is 5.41 Å². The van der Waals surface area contributed by atoms with Gasteiger partial charge in [0, 0.05) is 19.6 Å². The largest absolute Gasteiger partial charge is 0.382 e. The van der Waals surface area contributed by atoms with E-state index in [2.05, 4.69) is 0 Å². The first-order valence-electron chi connectivity index (χ1n) is 6.03. The molecule has 0 aromatic heterocycles. The fourth-order valence-electron chi connectivity index (χ4n) is 1.88. The molecule has 0 N–H and O–H groups in total. The van der Waals surface area contributed by atoms with E-state index in [1.807, 2.05) is 0 Å². The van der Waals surface area contributed by atoms with Crippen LogP contribution in [-0.2, 0) is 14.2 Å². The van der Waals surface area contributed by atoms with Crippen LogP contribution < -0.4 is 0 Å². The van der Waals surface area contributed by atoms with Gasteiger partial charge in [-0.25, -0.2) is 0 Å². The van der Waals surface area contributed by atoms with Crippen LogP contribution >= 0.6 is 11.6 Å². The smallest absolute Gasteiger partial charge is 0.0701 e. The maximum Gasteiger partial charge on any atom is 0.0701 e. The van der Waals surface area contributed by atoms with E-state index in [0.717, 1.165) is 18.9 Å². The average molecular weight is 251 g/mol. The zero-order chi connectivity index (χ0) is 11.7. The van der Waals surface area contributed by atoms with Gasteiger partial charge in [0.15, 0.2) is 0 Å². The molecule has 1 aliphatic rings. The third-order valence-electron chi connectivity index (χ3n) is 3.28. The van der Waals surface area contributed by atoms with Gasteiger partial charge in [-0.2, -0.15) is 0 Å². The molecule has 0 spiro atoms. The zero-order valence-corrected chi connectivity index (χ0v) is 10.9. The lowest BCUT2D eigenvalue weighted by Gasteiger charge is -2.40. The van der Waals surface area contributed by atoms with E-state index in [1.165, 1.54) is 19.3 Å². The lowest BCUT2D eigenvalue weighted by atomic mass is 9.68. The van der Waals surface area contributed by atoms with Gasteiger partial charge in [0.2, 0.25) is 0 Å². The van der Waals surface area contributed by atoms with E-state index < -0.39 is 0 Å². The summed E-state index contributed by atoms with van der Waals surface area (Å²) in [6.07, 6.45) is 4.95. The van der Waals surface area contributed by atoms with Gasteiger partial charge in [-0.3, -0.25) is 0 Å². The molecule has 1 aliphatic carbocycles. The molecule has 0 aromatic rings. The molecule has 4 heteroatoms. The molecule has 1 saturated carbocycles. The Morgan fingerprint density at radius 2 is 1.62 bits per heavy atom. The van der Waals surface area contributed by atoms with Crippen molar-refractivity contribution in [3.8, 4) is 0 Å². The van der Waals surface area contributed by atoms with Crippen LogP contribution in [0.4, 0.5) is 0 Å². The molecule has 0 radical (unpaired) electrons. The van der Waals surface area contributed by atoms with Gasteiger partial charge in [-0.15, -0.1) is 11.6 Å². The summed E-state index contributed by atoms with van der Waals surface area (Å²) in [6, 6.07) is 0. The molecule has 96 valence electrons. The second-order valence-electron chi connectivity index (χ2n) is 4.45. The van der Waals surface area contributed by atoms with Gasteiger partial charge in [0.1, 0.15) is 0 Å². The van der Waals surface area contributed by atoms with E-state index in [0.29, 0.717) is 31.8 Å². The molecule has 3 nitrogen and oxygen atoms in total. The Morgan fingerprint density at radius 3 is 2.12 bits per heavy atom. The van der Waals surface area contributed by atoms with Crippen molar-refractivity contribution in [2.45, 2.75) is 25.7 Å². The Balaban J connectivity index is 1.84. The van der Waals surface area contributed by atoms with E-state index in [1.54, 1.807) is 7.11 Å². The van der Waals surface area contributed by atoms with Gasteiger partial charge >= 0.3 is 0 Å². The van der Waals surface area contributed by atoms with E-state index in [4.69, 9.17) is 25.8 Å². The van der Waals surface area contributed by atoms with E-state index in [9.17, 15) is 0 Å². The maximum atomic E-state index is 5.96. The predicted octanol–water partition coefficient (Wildman–Crippen LogP) is 2.47. The van der Waals surface area contributed by atoms with Crippen molar-refractivity contribution in [1.29, 1.82) is 0 Å². The second-order valence-corrected chi connectivity index (χ2v) is 4.72. The molecule has 0 atom stereocenters. The first kappa shape index (κ1) is 14.2. The Labute approximate surface area is 103 Å². The number of halogens is 1. The van der Waals surface area contributed by atoms with Crippen LogP contribution in [0.15, 0.2) is 0 Å². The third-order valence-corrected chi connectivity index (χ3v) is 3.85. The van der Waals surface area contributed by atoms with Crippen LogP contribution in [0.2, 0.25) is 0 Å². The third kappa shape index (κ3) is 5.00. The fourth-order valence-corrected chi connectivity index (χ4v) is 2.28. The summed E-state index contributed by atoms with van der Waals surface area (Å²) in [6.45, 7) is 3.42. The van der Waals surface area contributed by atoms with E-state index in [-0.39, 0.29) is 0 Å². The van der Waals surface area contributed by atoms with Crippen molar-refractivity contribution in [1.82, 2.24) is 0 Å². The van der Waals surface area contributed by atoms with Gasteiger partial charge in [-0.1, -0.05) is 6.42 Å². The van der Waals surface area contributed by atoms with Gasteiger partial charge < -0.3 is 14.2 Å². The Hall–Kier alpha value is 0.170. The number of methoxy groups -OCH3 is 1. The van der Waals surface area contributed by atoms with Gasteiger partial charge in [0.25, 0.3) is 0 Å². The lowest BCUT2D eigenvalue weighted by molar-refractivity contribution is 0.0102. The standard InChI is InChI=1S/C12H23ClO3/c1-14-7-8-16-10-9-15-6-5-12(11-13)3-2-4-12/h2-11H2,1H3. The van der Waals surface area contributed by atoms with Crippen LogP contribution in [0.25, 0.3) is 0 Å². The molecular formula is C12H23ClO3. The van der Waals surface area contributed by atoms with Crippen LogP contribution in [0.1, 0.15) is 25.7 Å². The normalized spacial score (nSPS) is 18.4. The summed E-state index contributed by atoms with van der Waals surface area (Å²) in [5, 5.41) is 0. The summed E-state index contributed by atoms with van der Waals surface area (Å²) in [5.41, 5.74) is 0.387. The molecule has 0 unspecified atom stereocenters. The Kier molecular flexibility index (Phi) is 7.37. The molecule has 1 fully saturated rings. The first-order valence-corrected chi connectivity index (χ1v) is 6.57. The highest BCUT2D eigenvalue weighted by molar-refractivity contribution is 6.18. The first-order chi connectivity index (χ1) is 7.83.